The molecule has 2 aromatic heterocycles. The van der Waals surface area contributed by atoms with Crippen molar-refractivity contribution in [2.45, 2.75) is 32.9 Å². The molecule has 7 nitrogen and oxygen atoms in total. The van der Waals surface area contributed by atoms with Crippen LogP contribution in [0.4, 0.5) is 11.6 Å². The third-order valence-corrected chi connectivity index (χ3v) is 6.52. The minimum absolute atomic E-state index is 0.273. The summed E-state index contributed by atoms with van der Waals surface area (Å²) >= 11 is 6.08. The molecule has 0 saturated heterocycles. The molecule has 5 rings (SSSR count). The number of rotatable bonds is 5. The van der Waals surface area contributed by atoms with Crippen molar-refractivity contribution < 1.29 is 0 Å². The summed E-state index contributed by atoms with van der Waals surface area (Å²) in [5, 5.41) is 0.665. The Morgan fingerprint density at radius 1 is 1.03 bits per heavy atom. The lowest BCUT2D eigenvalue weighted by Crippen LogP contribution is -2.40. The van der Waals surface area contributed by atoms with Crippen LogP contribution in [-0.4, -0.2) is 25.2 Å². The molecular weight excluding hydrogens is 438 g/mol. The molecule has 4 aromatic rings. The zero-order chi connectivity index (χ0) is 23.1. The number of imidazole rings is 1. The van der Waals surface area contributed by atoms with Gasteiger partial charge in [-0.25, -0.2) is 4.79 Å². The van der Waals surface area contributed by atoms with E-state index in [0.29, 0.717) is 47.6 Å². The van der Waals surface area contributed by atoms with E-state index in [9.17, 15) is 9.59 Å². The van der Waals surface area contributed by atoms with Gasteiger partial charge in [0.1, 0.15) is 0 Å². The SMILES string of the molecule is CC1CN(c2ccc(Cl)cc2)c2nc3c(c(=O)n(CCCc4ccccc4)c(=O)n3C)n2C1. The van der Waals surface area contributed by atoms with Gasteiger partial charge in [-0.1, -0.05) is 48.9 Å². The van der Waals surface area contributed by atoms with Gasteiger partial charge in [0, 0.05) is 37.4 Å². The van der Waals surface area contributed by atoms with Crippen molar-refractivity contribution in [1.29, 1.82) is 0 Å². The summed E-state index contributed by atoms with van der Waals surface area (Å²) in [7, 11) is 1.69. The van der Waals surface area contributed by atoms with Gasteiger partial charge in [-0.3, -0.25) is 13.9 Å². The Balaban J connectivity index is 1.57. The van der Waals surface area contributed by atoms with E-state index < -0.39 is 0 Å². The Morgan fingerprint density at radius 2 is 1.76 bits per heavy atom. The van der Waals surface area contributed by atoms with E-state index in [0.717, 1.165) is 18.7 Å². The molecule has 0 saturated carbocycles. The highest BCUT2D eigenvalue weighted by Crippen LogP contribution is 2.33. The van der Waals surface area contributed by atoms with Crippen LogP contribution < -0.4 is 16.1 Å². The van der Waals surface area contributed by atoms with Gasteiger partial charge in [-0.2, -0.15) is 4.98 Å². The molecule has 1 aliphatic heterocycles. The van der Waals surface area contributed by atoms with Crippen LogP contribution in [0.2, 0.25) is 5.02 Å². The highest BCUT2D eigenvalue weighted by molar-refractivity contribution is 6.30. The Hall–Kier alpha value is -3.32. The van der Waals surface area contributed by atoms with Crippen molar-refractivity contribution in [1.82, 2.24) is 18.7 Å². The first-order valence-electron chi connectivity index (χ1n) is 11.2. The second-order valence-electron chi connectivity index (χ2n) is 8.77. The Bertz CT molecular complexity index is 1420. The van der Waals surface area contributed by atoms with E-state index in [2.05, 4.69) is 24.0 Å². The monoisotopic (exact) mass is 463 g/mol. The number of anilines is 2. The van der Waals surface area contributed by atoms with E-state index in [-0.39, 0.29) is 11.2 Å². The number of fused-ring (bicyclic) bond motifs is 3. The molecule has 8 heteroatoms. The molecular formula is C25H26ClN5O2. The van der Waals surface area contributed by atoms with Gasteiger partial charge in [0.05, 0.1) is 0 Å². The summed E-state index contributed by atoms with van der Waals surface area (Å²) in [4.78, 5) is 33.4. The van der Waals surface area contributed by atoms with Crippen LogP contribution in [0.3, 0.4) is 0 Å². The summed E-state index contributed by atoms with van der Waals surface area (Å²) < 4.78 is 4.81. The van der Waals surface area contributed by atoms with Crippen LogP contribution in [-0.2, 0) is 26.6 Å². The fraction of sp³-hybridized carbons (Fsp3) is 0.320. The average Bonchev–Trinajstić information content (AvgIpc) is 3.20. The normalized spacial score (nSPS) is 15.7. The molecule has 0 amide bonds. The molecule has 0 fully saturated rings. The van der Waals surface area contributed by atoms with E-state index >= 15 is 0 Å². The predicted molar refractivity (Wildman–Crippen MR) is 132 cm³/mol. The zero-order valence-electron chi connectivity index (χ0n) is 18.7. The summed E-state index contributed by atoms with van der Waals surface area (Å²) in [6, 6.07) is 17.7. The van der Waals surface area contributed by atoms with Gasteiger partial charge < -0.3 is 9.47 Å². The maximum Gasteiger partial charge on any atom is 0.332 e. The number of hydrogen-bond donors (Lipinski definition) is 0. The minimum Gasteiger partial charge on any atom is -0.312 e. The van der Waals surface area contributed by atoms with Gasteiger partial charge in [0.25, 0.3) is 5.56 Å². The van der Waals surface area contributed by atoms with E-state index in [1.807, 2.05) is 47.0 Å². The van der Waals surface area contributed by atoms with Gasteiger partial charge in [-0.05, 0) is 48.6 Å². The molecule has 3 heterocycles. The molecule has 170 valence electrons. The number of aryl methyl sites for hydroxylation is 2. The lowest BCUT2D eigenvalue weighted by atomic mass is 10.1. The van der Waals surface area contributed by atoms with Gasteiger partial charge in [0.2, 0.25) is 5.95 Å². The standard InChI is InChI=1S/C25H26ClN5O2/c1-17-15-30(20-12-10-19(26)11-13-20)24-27-22-21(31(24)16-17)23(32)29(25(33)28(22)2)14-6-9-18-7-4-3-5-8-18/h3-5,7-8,10-13,17H,6,9,14-16H2,1-2H3. The van der Waals surface area contributed by atoms with Crippen molar-refractivity contribution in [3.8, 4) is 0 Å². The smallest absolute Gasteiger partial charge is 0.312 e. The van der Waals surface area contributed by atoms with Crippen LogP contribution in [0.5, 0.6) is 0 Å². The van der Waals surface area contributed by atoms with Crippen molar-refractivity contribution in [2.24, 2.45) is 13.0 Å². The second-order valence-corrected chi connectivity index (χ2v) is 9.21. The second kappa shape index (κ2) is 8.56. The third-order valence-electron chi connectivity index (χ3n) is 6.27. The number of nitrogens with zero attached hydrogens (tertiary/aromatic N) is 5. The fourth-order valence-corrected chi connectivity index (χ4v) is 4.75. The number of aromatic nitrogens is 4. The van der Waals surface area contributed by atoms with E-state index in [1.165, 1.54) is 14.7 Å². The number of benzene rings is 2. The summed E-state index contributed by atoms with van der Waals surface area (Å²) in [6.45, 7) is 3.96. The van der Waals surface area contributed by atoms with Crippen LogP contribution in [0, 0.1) is 5.92 Å². The van der Waals surface area contributed by atoms with Crippen molar-refractivity contribution in [2.75, 3.05) is 11.4 Å². The highest BCUT2D eigenvalue weighted by atomic mass is 35.5. The molecule has 0 N–H and O–H groups in total. The molecule has 0 bridgehead atoms. The van der Waals surface area contributed by atoms with Crippen molar-refractivity contribution >= 4 is 34.4 Å². The molecule has 0 aliphatic carbocycles. The maximum atomic E-state index is 13.5. The largest absolute Gasteiger partial charge is 0.332 e. The molecule has 1 aliphatic rings. The Morgan fingerprint density at radius 3 is 2.48 bits per heavy atom. The third kappa shape index (κ3) is 3.86. The van der Waals surface area contributed by atoms with Crippen LogP contribution in [0.25, 0.3) is 11.2 Å². The maximum absolute atomic E-state index is 13.5. The predicted octanol–water partition coefficient (Wildman–Crippen LogP) is 3.97. The van der Waals surface area contributed by atoms with Crippen molar-refractivity contribution in [3.05, 3.63) is 86.0 Å². The fourth-order valence-electron chi connectivity index (χ4n) is 4.63. The van der Waals surface area contributed by atoms with Crippen LogP contribution >= 0.6 is 11.6 Å². The summed E-state index contributed by atoms with van der Waals surface area (Å²) in [5.74, 6) is 0.980. The average molecular weight is 464 g/mol. The quantitative estimate of drug-likeness (QED) is 0.449. The lowest BCUT2D eigenvalue weighted by molar-refractivity contribution is 0.457. The summed E-state index contributed by atoms with van der Waals surface area (Å²) in [5.41, 5.74) is 2.45. The van der Waals surface area contributed by atoms with Gasteiger partial charge in [-0.15, -0.1) is 0 Å². The highest BCUT2D eigenvalue weighted by Gasteiger charge is 2.29. The molecule has 33 heavy (non-hydrogen) atoms. The molecule has 0 radical (unpaired) electrons. The van der Waals surface area contributed by atoms with E-state index in [4.69, 9.17) is 16.6 Å². The molecule has 1 atom stereocenters. The van der Waals surface area contributed by atoms with Crippen molar-refractivity contribution in [3.63, 3.8) is 0 Å². The molecule has 1 unspecified atom stereocenters. The number of halogens is 1. The Labute approximate surface area is 196 Å². The van der Waals surface area contributed by atoms with Gasteiger partial charge >= 0.3 is 5.69 Å². The molecule has 0 spiro atoms. The van der Waals surface area contributed by atoms with Crippen LogP contribution in [0.1, 0.15) is 18.9 Å². The first-order valence-corrected chi connectivity index (χ1v) is 11.6. The Kier molecular flexibility index (Phi) is 5.58. The van der Waals surface area contributed by atoms with E-state index in [1.54, 1.807) is 7.05 Å². The lowest BCUT2D eigenvalue weighted by Gasteiger charge is -2.33. The minimum atomic E-state index is -0.331. The number of hydrogen-bond acceptors (Lipinski definition) is 4. The van der Waals surface area contributed by atoms with Gasteiger partial charge in [0.15, 0.2) is 11.2 Å². The first-order chi connectivity index (χ1) is 15.9. The van der Waals surface area contributed by atoms with Crippen LogP contribution in [0.15, 0.2) is 64.2 Å². The summed E-state index contributed by atoms with van der Waals surface area (Å²) in [6.07, 6.45) is 1.51. The topological polar surface area (TPSA) is 65.1 Å². The first kappa shape index (κ1) is 21.5. The zero-order valence-corrected chi connectivity index (χ0v) is 19.5. The molecule has 2 aromatic carbocycles.